The van der Waals surface area contributed by atoms with Gasteiger partial charge in [0, 0.05) is 19.5 Å². The number of para-hydroxylation sites is 2. The van der Waals surface area contributed by atoms with Gasteiger partial charge in [0.25, 0.3) is 0 Å². The van der Waals surface area contributed by atoms with Gasteiger partial charge in [-0.2, -0.15) is 0 Å². The highest BCUT2D eigenvalue weighted by atomic mass is 15.2. The molecule has 3 nitrogen and oxygen atoms in total. The third kappa shape index (κ3) is 3.16. The molecule has 0 atom stereocenters. The number of hydrogen-bond acceptors (Lipinski definition) is 2. The second-order valence-corrected chi connectivity index (χ2v) is 4.95. The molecule has 0 saturated carbocycles. The molecule has 0 amide bonds. The fraction of sp³-hybridized carbons (Fsp3) is 0.562. The molecule has 0 unspecified atom stereocenters. The third-order valence-electron chi connectivity index (χ3n) is 3.74. The first-order chi connectivity index (χ1) is 9.30. The Morgan fingerprint density at radius 3 is 2.53 bits per heavy atom. The van der Waals surface area contributed by atoms with Crippen molar-refractivity contribution in [3.05, 3.63) is 30.1 Å². The second-order valence-electron chi connectivity index (χ2n) is 4.95. The molecule has 1 aromatic carbocycles. The minimum Gasteiger partial charge on any atom is -0.327 e. The average Bonchev–Trinajstić information content (AvgIpc) is 2.78. The van der Waals surface area contributed by atoms with Gasteiger partial charge < -0.3 is 9.47 Å². The summed E-state index contributed by atoms with van der Waals surface area (Å²) in [5.41, 5.74) is 2.41. The van der Waals surface area contributed by atoms with Gasteiger partial charge in [0.05, 0.1) is 11.0 Å². The Morgan fingerprint density at radius 2 is 1.84 bits per heavy atom. The third-order valence-corrected chi connectivity index (χ3v) is 3.74. The van der Waals surface area contributed by atoms with Gasteiger partial charge in [-0.05, 0) is 31.6 Å². The predicted molar refractivity (Wildman–Crippen MR) is 81.5 cm³/mol. The van der Waals surface area contributed by atoms with E-state index in [4.69, 9.17) is 4.98 Å². The SMILES string of the molecule is CCCc1nc2ccccc2n1CCN(CC)CC. The summed E-state index contributed by atoms with van der Waals surface area (Å²) in [4.78, 5) is 7.24. The van der Waals surface area contributed by atoms with Crippen molar-refractivity contribution >= 4 is 11.0 Å². The summed E-state index contributed by atoms with van der Waals surface area (Å²) in [7, 11) is 0. The monoisotopic (exact) mass is 259 g/mol. The lowest BCUT2D eigenvalue weighted by Crippen LogP contribution is -2.27. The minimum atomic E-state index is 1.04. The molecule has 1 heterocycles. The Kier molecular flexibility index (Phi) is 4.97. The number of aryl methyl sites for hydroxylation is 1. The zero-order chi connectivity index (χ0) is 13.7. The average molecular weight is 259 g/mol. The van der Waals surface area contributed by atoms with Crippen molar-refractivity contribution in [3.8, 4) is 0 Å². The minimum absolute atomic E-state index is 1.04. The fourth-order valence-corrected chi connectivity index (χ4v) is 2.57. The zero-order valence-corrected chi connectivity index (χ0v) is 12.4. The van der Waals surface area contributed by atoms with Crippen LogP contribution < -0.4 is 0 Å². The van der Waals surface area contributed by atoms with E-state index in [1.54, 1.807) is 0 Å². The lowest BCUT2D eigenvalue weighted by Gasteiger charge is -2.19. The first kappa shape index (κ1) is 14.1. The molecule has 0 bridgehead atoms. The molecule has 2 rings (SSSR count). The van der Waals surface area contributed by atoms with Crippen LogP contribution in [0.4, 0.5) is 0 Å². The summed E-state index contributed by atoms with van der Waals surface area (Å²) < 4.78 is 2.40. The van der Waals surface area contributed by atoms with Crippen LogP contribution in [0.15, 0.2) is 24.3 Å². The molecule has 0 saturated heterocycles. The molecule has 2 aromatic rings. The van der Waals surface area contributed by atoms with E-state index in [-0.39, 0.29) is 0 Å². The van der Waals surface area contributed by atoms with E-state index in [0.717, 1.165) is 44.5 Å². The molecule has 104 valence electrons. The Bertz CT molecular complexity index is 512. The lowest BCUT2D eigenvalue weighted by molar-refractivity contribution is 0.290. The normalized spacial score (nSPS) is 11.6. The van der Waals surface area contributed by atoms with Gasteiger partial charge in [0.1, 0.15) is 5.82 Å². The van der Waals surface area contributed by atoms with Gasteiger partial charge in [0.15, 0.2) is 0 Å². The van der Waals surface area contributed by atoms with Crippen molar-refractivity contribution in [1.82, 2.24) is 14.5 Å². The number of likely N-dealkylation sites (N-methyl/N-ethyl adjacent to an activating group) is 1. The van der Waals surface area contributed by atoms with E-state index in [1.165, 1.54) is 11.3 Å². The highest BCUT2D eigenvalue weighted by Crippen LogP contribution is 2.17. The number of benzene rings is 1. The maximum absolute atomic E-state index is 4.78. The quantitative estimate of drug-likeness (QED) is 0.760. The van der Waals surface area contributed by atoms with Gasteiger partial charge >= 0.3 is 0 Å². The number of hydrogen-bond donors (Lipinski definition) is 0. The van der Waals surface area contributed by atoms with Crippen LogP contribution in [0.25, 0.3) is 11.0 Å². The van der Waals surface area contributed by atoms with E-state index < -0.39 is 0 Å². The van der Waals surface area contributed by atoms with Crippen LogP contribution in [-0.4, -0.2) is 34.1 Å². The first-order valence-electron chi connectivity index (χ1n) is 7.46. The van der Waals surface area contributed by atoms with E-state index >= 15 is 0 Å². The molecule has 0 aliphatic carbocycles. The lowest BCUT2D eigenvalue weighted by atomic mass is 10.3. The predicted octanol–water partition coefficient (Wildman–Crippen LogP) is 3.33. The maximum atomic E-state index is 4.78. The summed E-state index contributed by atoms with van der Waals surface area (Å²) >= 11 is 0. The number of aromatic nitrogens is 2. The molecule has 0 spiro atoms. The van der Waals surface area contributed by atoms with Crippen LogP contribution in [0.3, 0.4) is 0 Å². The maximum Gasteiger partial charge on any atom is 0.109 e. The van der Waals surface area contributed by atoms with Gasteiger partial charge in [-0.25, -0.2) is 4.98 Å². The Morgan fingerprint density at radius 1 is 1.11 bits per heavy atom. The molecule has 0 N–H and O–H groups in total. The Balaban J connectivity index is 2.25. The summed E-state index contributed by atoms with van der Waals surface area (Å²) in [5.74, 6) is 1.23. The summed E-state index contributed by atoms with van der Waals surface area (Å²) in [5, 5.41) is 0. The van der Waals surface area contributed by atoms with Crippen LogP contribution in [-0.2, 0) is 13.0 Å². The largest absolute Gasteiger partial charge is 0.327 e. The van der Waals surface area contributed by atoms with Crippen LogP contribution >= 0.6 is 0 Å². The highest BCUT2D eigenvalue weighted by Gasteiger charge is 2.10. The van der Waals surface area contributed by atoms with Crippen molar-refractivity contribution in [2.75, 3.05) is 19.6 Å². The van der Waals surface area contributed by atoms with Crippen LogP contribution in [0.1, 0.15) is 33.0 Å². The highest BCUT2D eigenvalue weighted by molar-refractivity contribution is 5.75. The molecule has 0 aliphatic heterocycles. The summed E-state index contributed by atoms with van der Waals surface area (Å²) in [6.07, 6.45) is 2.21. The molecule has 1 aromatic heterocycles. The Hall–Kier alpha value is -1.35. The molecule has 0 radical (unpaired) electrons. The van der Waals surface area contributed by atoms with Crippen molar-refractivity contribution in [1.29, 1.82) is 0 Å². The summed E-state index contributed by atoms with van der Waals surface area (Å²) in [6.45, 7) is 11.0. The first-order valence-corrected chi connectivity index (χ1v) is 7.46. The zero-order valence-electron chi connectivity index (χ0n) is 12.4. The van der Waals surface area contributed by atoms with Gasteiger partial charge in [-0.3, -0.25) is 0 Å². The molecule has 0 fully saturated rings. The van der Waals surface area contributed by atoms with E-state index in [0.29, 0.717) is 0 Å². The number of fused-ring (bicyclic) bond motifs is 1. The molecule has 19 heavy (non-hydrogen) atoms. The van der Waals surface area contributed by atoms with Gasteiger partial charge in [0.2, 0.25) is 0 Å². The standard InChI is InChI=1S/C16H25N3/c1-4-9-16-17-14-10-7-8-11-15(14)19(16)13-12-18(5-2)6-3/h7-8,10-11H,4-6,9,12-13H2,1-3H3. The van der Waals surface area contributed by atoms with Crippen molar-refractivity contribution in [3.63, 3.8) is 0 Å². The van der Waals surface area contributed by atoms with Gasteiger partial charge in [-0.1, -0.05) is 32.9 Å². The fourth-order valence-electron chi connectivity index (χ4n) is 2.57. The van der Waals surface area contributed by atoms with Crippen molar-refractivity contribution < 1.29 is 0 Å². The topological polar surface area (TPSA) is 21.1 Å². The molecular formula is C16H25N3. The number of rotatable bonds is 7. The van der Waals surface area contributed by atoms with Crippen molar-refractivity contribution in [2.45, 2.75) is 40.2 Å². The number of nitrogens with zero attached hydrogens (tertiary/aromatic N) is 3. The second kappa shape index (κ2) is 6.71. The van der Waals surface area contributed by atoms with E-state index in [2.05, 4.69) is 54.5 Å². The van der Waals surface area contributed by atoms with Crippen LogP contribution in [0.2, 0.25) is 0 Å². The van der Waals surface area contributed by atoms with Crippen molar-refractivity contribution in [2.24, 2.45) is 0 Å². The molecule has 0 aliphatic rings. The molecular weight excluding hydrogens is 234 g/mol. The van der Waals surface area contributed by atoms with E-state index in [1.807, 2.05) is 0 Å². The van der Waals surface area contributed by atoms with Crippen LogP contribution in [0.5, 0.6) is 0 Å². The molecule has 3 heteroatoms. The van der Waals surface area contributed by atoms with Gasteiger partial charge in [-0.15, -0.1) is 0 Å². The summed E-state index contributed by atoms with van der Waals surface area (Å²) in [6, 6.07) is 8.47. The van der Waals surface area contributed by atoms with Crippen LogP contribution in [0, 0.1) is 0 Å². The van der Waals surface area contributed by atoms with E-state index in [9.17, 15) is 0 Å². The number of imidazole rings is 1. The Labute approximate surface area is 116 Å². The smallest absolute Gasteiger partial charge is 0.109 e.